The molecule has 1 aliphatic carbocycles. The molecule has 17 nitrogen and oxygen atoms in total. The Morgan fingerprint density at radius 3 is 0.780 bits per heavy atom. The molecule has 6 aliphatic heterocycles. The van der Waals surface area contributed by atoms with Crippen LogP contribution in [0.4, 0.5) is 0 Å². The first-order chi connectivity index (χ1) is 73.8. The van der Waals surface area contributed by atoms with Crippen LogP contribution in [0, 0.1) is 20.8 Å². The van der Waals surface area contributed by atoms with Crippen LogP contribution in [0.2, 0.25) is 0 Å². The maximum atomic E-state index is 7.39. The molecule has 0 fully saturated rings. The van der Waals surface area contributed by atoms with E-state index in [1.807, 2.05) is 70.6 Å². The first-order valence-electron chi connectivity index (χ1n) is 58.0. The van der Waals surface area contributed by atoms with Crippen molar-refractivity contribution in [2.45, 2.75) is 411 Å². The third-order valence-corrected chi connectivity index (χ3v) is 39.4. The van der Waals surface area contributed by atoms with Crippen LogP contribution in [0.5, 0.6) is 46.0 Å². The van der Waals surface area contributed by atoms with Gasteiger partial charge in [0.2, 0.25) is 27.2 Å². The summed E-state index contributed by atoms with van der Waals surface area (Å²) >= 11 is 13.7. The minimum absolute atomic E-state index is 0.0227. The lowest BCUT2D eigenvalue weighted by Gasteiger charge is -2.37. The van der Waals surface area contributed by atoms with E-state index in [2.05, 4.69) is 179 Å². The lowest BCUT2D eigenvalue weighted by atomic mass is 9.74. The standard InChI is InChI=1S/C126H164N8O9S7/c1-14-24-34-44-57-145-105-69-98-99(70-106(105)146-58-45-35-25-15-2)123-130-121(98)128-119-88-55-54-83(64-97(88)120(127-119)129-122-100-71-107(147-59-46-36-26-16-3)108(148-60-47-37-27-17-4)72-101(100)124(131-122)133-126-103-74-110(150-62-49-39-29-19-6)109(149-61-48-38-28-18-5)73-102(103)125(132-123)134-126)144-63-56-135-75-104-117-95-68-96-87(53-43-33-23-10)94-67-92-85(51-41-31-21-8)90-65-89-84(50-40-30-20-7)91-66-93(86(95)52-42-32-22-9)115(140-78-142-117)81(12)113(91)138-76-136-111(89)80(11)112(90)137-77-139-114(92)82(13)116(94)141-79-143-118(96)104/h54-55,64-74,84-87H,14-53,56-63,75-79H2,1-13H3,(H2,127,128,129,130,131,132,133,134). The monoisotopic (exact) mass is 2160 g/mol. The summed E-state index contributed by atoms with van der Waals surface area (Å²) in [6.07, 6.45) is 45.1. The number of hydrogen-bond acceptors (Lipinski definition) is 22. The van der Waals surface area contributed by atoms with Gasteiger partial charge in [-0.3, -0.25) is 0 Å². The smallest absolute Gasteiger partial charge is 0.230 e. The second kappa shape index (κ2) is 55.5. The van der Waals surface area contributed by atoms with Gasteiger partial charge >= 0.3 is 0 Å². The van der Waals surface area contributed by atoms with Crippen molar-refractivity contribution in [3.63, 3.8) is 0 Å². The predicted octanol–water partition coefficient (Wildman–Crippen LogP) is 38.2. The van der Waals surface area contributed by atoms with Gasteiger partial charge in [0, 0.05) is 169 Å². The molecule has 0 amide bonds. The number of aromatic nitrogens is 8. The average Bonchev–Trinajstić information content (AvgIpc) is 1.14. The number of nitrogens with one attached hydrogen (secondary N) is 2. The summed E-state index contributed by atoms with van der Waals surface area (Å²) in [6.45, 7) is 30.2. The van der Waals surface area contributed by atoms with Crippen molar-refractivity contribution < 1.29 is 42.6 Å². The van der Waals surface area contributed by atoms with E-state index in [9.17, 15) is 0 Å². The summed E-state index contributed by atoms with van der Waals surface area (Å²) < 4.78 is 64.8. The van der Waals surface area contributed by atoms with Crippen LogP contribution >= 0.6 is 82.3 Å². The third-order valence-electron chi connectivity index (χ3n) is 31.2. The molecule has 150 heavy (non-hydrogen) atoms. The Labute approximate surface area is 924 Å². The number of rotatable bonds is 58. The van der Waals surface area contributed by atoms with Crippen LogP contribution < -0.4 is 37.9 Å². The van der Waals surface area contributed by atoms with Crippen molar-refractivity contribution in [3.05, 3.63) is 146 Å². The Balaban J connectivity index is 0.794. The first-order valence-corrected chi connectivity index (χ1v) is 64.9. The molecule has 2 N–H and O–H groups in total. The summed E-state index contributed by atoms with van der Waals surface area (Å²) in [4.78, 5) is 51.6. The highest BCUT2D eigenvalue weighted by Crippen LogP contribution is 2.60. The average molecular weight is 2160 g/mol. The Morgan fingerprint density at radius 1 is 0.253 bits per heavy atom. The van der Waals surface area contributed by atoms with Gasteiger partial charge in [0.05, 0.1) is 18.8 Å². The Bertz CT molecular complexity index is 6490. The lowest BCUT2D eigenvalue weighted by molar-refractivity contribution is 0.0866. The molecular formula is C126H164N8O9S7. The highest BCUT2D eigenvalue weighted by Gasteiger charge is 2.42. The van der Waals surface area contributed by atoms with Crippen LogP contribution in [0.15, 0.2) is 113 Å². The zero-order valence-corrected chi connectivity index (χ0v) is 97.7. The summed E-state index contributed by atoms with van der Waals surface area (Å²) in [5.74, 6) is 15.3. The topological polar surface area (TPSA) is 192 Å². The Hall–Kier alpha value is -8.07. The fraction of sp³-hybridized carbons (Fsp3) is 0.556. The molecule has 9 heterocycles. The molecule has 11 aromatic rings. The summed E-state index contributed by atoms with van der Waals surface area (Å²) in [5.41, 5.74) is 19.8. The van der Waals surface area contributed by atoms with Crippen molar-refractivity contribution >= 4 is 126 Å². The second-order valence-electron chi connectivity index (χ2n) is 42.2. The number of H-pyrrole nitrogens is 2. The molecule has 18 rings (SSSR count). The Kier molecular flexibility index (Phi) is 41.3. The van der Waals surface area contributed by atoms with E-state index in [0.29, 0.717) is 47.0 Å². The zero-order chi connectivity index (χ0) is 104. The SMILES string of the molecule is CCCCCCSc1cc2c(cc1SCCCCCC)-c1nc-2nc2[nH]c(nc3nc(nc4[nH]c(n1)c1cc(SCCCCCC)c(SCCCCCC)cc41)-c1cc(SCCCCCC)c(SCCCCCC)cc1-3)c1cc(SCCOCc3c4c5cc6c3OCOc3c(cc7c(c3C)OCOc3c(cc8c(c3C)OCOc3c(cc(c(c3C)OCO4)C5CCCCC)C8CCCCC)C7CCCCC)C6CCCCC)ccc21. The predicted molar refractivity (Wildman–Crippen MR) is 634 cm³/mol. The zero-order valence-electron chi connectivity index (χ0n) is 92.0. The molecular weight excluding hydrogens is 1990 g/mol. The van der Waals surface area contributed by atoms with E-state index in [-0.39, 0.29) is 57.5 Å². The fourth-order valence-corrected chi connectivity index (χ4v) is 30.7. The minimum Gasteiger partial charge on any atom is -0.457 e. The highest BCUT2D eigenvalue weighted by atomic mass is 32.2. The fourth-order valence-electron chi connectivity index (χ4n) is 23.1. The number of ether oxygens (including phenoxy) is 9. The van der Waals surface area contributed by atoms with Crippen molar-refractivity contribution in [2.75, 3.05) is 74.0 Å². The third kappa shape index (κ3) is 25.9. The highest BCUT2D eigenvalue weighted by molar-refractivity contribution is 8.03. The number of thioether (sulfide) groups is 7. The number of fused-ring (bicyclic) bond motifs is 20. The van der Waals surface area contributed by atoms with Gasteiger partial charge in [-0.1, -0.05) is 262 Å². The first kappa shape index (κ1) is 112. The normalized spacial score (nSPS) is 15.5. The van der Waals surface area contributed by atoms with E-state index in [0.717, 1.165) is 313 Å². The van der Waals surface area contributed by atoms with Crippen molar-refractivity contribution in [2.24, 2.45) is 0 Å². The van der Waals surface area contributed by atoms with Crippen LogP contribution in [0.1, 0.15) is 417 Å². The van der Waals surface area contributed by atoms with Crippen LogP contribution in [0.25, 0.3) is 89.7 Å². The molecule has 4 atom stereocenters. The van der Waals surface area contributed by atoms with Gasteiger partial charge in [0.15, 0.2) is 23.3 Å². The molecule has 804 valence electrons. The van der Waals surface area contributed by atoms with E-state index in [4.69, 9.17) is 72.5 Å². The number of benzene rings is 8. The van der Waals surface area contributed by atoms with Gasteiger partial charge in [-0.15, -0.1) is 82.3 Å². The van der Waals surface area contributed by atoms with E-state index >= 15 is 0 Å². The maximum absolute atomic E-state index is 7.39. The molecule has 4 unspecified atom stereocenters. The molecule has 0 saturated carbocycles. The van der Waals surface area contributed by atoms with Crippen molar-refractivity contribution in [1.82, 2.24) is 39.9 Å². The molecule has 0 radical (unpaired) electrons. The number of unbranched alkanes of at least 4 members (excludes halogenated alkanes) is 26. The van der Waals surface area contributed by atoms with Crippen molar-refractivity contribution in [3.8, 4) is 91.5 Å². The number of aromatic amines is 2. The van der Waals surface area contributed by atoms with Gasteiger partial charge in [-0.05, 0) is 198 Å². The molecule has 24 heteroatoms. The summed E-state index contributed by atoms with van der Waals surface area (Å²) in [5, 5.41) is 3.91. The second-order valence-corrected chi connectivity index (χ2v) is 50.2. The molecule has 3 aromatic heterocycles. The van der Waals surface area contributed by atoms with Gasteiger partial charge in [-0.2, -0.15) is 0 Å². The largest absolute Gasteiger partial charge is 0.457 e. The summed E-state index contributed by atoms with van der Waals surface area (Å²) in [7, 11) is 0. The van der Waals surface area contributed by atoms with Gasteiger partial charge in [-0.25, -0.2) is 29.9 Å². The molecule has 8 aromatic carbocycles. The molecule has 0 saturated heterocycles. The van der Waals surface area contributed by atoms with E-state index in [1.165, 1.54) is 180 Å². The molecule has 0 spiro atoms. The lowest BCUT2D eigenvalue weighted by Crippen LogP contribution is -2.25. The minimum atomic E-state index is -0.160. The van der Waals surface area contributed by atoms with Crippen molar-refractivity contribution in [1.29, 1.82) is 0 Å². The van der Waals surface area contributed by atoms with Crippen LogP contribution in [0.3, 0.4) is 0 Å². The van der Waals surface area contributed by atoms with Crippen LogP contribution in [-0.4, -0.2) is 114 Å². The maximum Gasteiger partial charge on any atom is 0.230 e. The van der Waals surface area contributed by atoms with Gasteiger partial charge < -0.3 is 52.6 Å². The Morgan fingerprint density at radius 2 is 0.500 bits per heavy atom. The van der Waals surface area contributed by atoms with E-state index in [1.54, 1.807) is 11.8 Å². The molecule has 16 bridgehead atoms. The molecule has 7 aliphatic rings. The van der Waals surface area contributed by atoms with E-state index < -0.39 is 0 Å². The van der Waals surface area contributed by atoms with Gasteiger partial charge in [0.1, 0.15) is 68.6 Å². The number of hydrogen-bond donors (Lipinski definition) is 2. The van der Waals surface area contributed by atoms with Gasteiger partial charge in [0.25, 0.3) is 0 Å². The quantitative estimate of drug-likeness (QED) is 0.0270. The summed E-state index contributed by atoms with van der Waals surface area (Å²) in [6, 6.07) is 31.3. The number of nitrogens with zero attached hydrogens (tertiary/aromatic N) is 6. The van der Waals surface area contributed by atoms with Crippen LogP contribution in [-0.2, 0) is 11.3 Å².